The number of aryl methyl sites for hydroxylation is 1. The van der Waals surface area contributed by atoms with E-state index >= 15 is 0 Å². The van der Waals surface area contributed by atoms with E-state index in [1.807, 2.05) is 19.1 Å². The first kappa shape index (κ1) is 16.6. The Hall–Kier alpha value is -1.83. The molecule has 2 aliphatic rings. The lowest BCUT2D eigenvalue weighted by molar-refractivity contribution is -0.127. The van der Waals surface area contributed by atoms with Gasteiger partial charge in [0.15, 0.2) is 0 Å². The molecule has 4 heterocycles. The Morgan fingerprint density at radius 3 is 3.20 bits per heavy atom. The van der Waals surface area contributed by atoms with Gasteiger partial charge in [-0.15, -0.1) is 11.3 Å². The maximum Gasteiger partial charge on any atom is 0.253 e. The van der Waals surface area contributed by atoms with Crippen molar-refractivity contribution in [2.45, 2.75) is 38.5 Å². The highest BCUT2D eigenvalue weighted by molar-refractivity contribution is 7.09. The summed E-state index contributed by atoms with van der Waals surface area (Å²) in [6.07, 6.45) is 5.00. The number of anilines is 1. The minimum absolute atomic E-state index is 0.0653. The molecule has 2 aromatic heterocycles. The smallest absolute Gasteiger partial charge is 0.253 e. The van der Waals surface area contributed by atoms with Crippen molar-refractivity contribution in [2.24, 2.45) is 5.92 Å². The standard InChI is InChI=1S/C18H22N4O2S/c1-12-11-25-17(20-12)10-22-6-4-13-7-15(24-16(13)9-22)18(23)21-14-3-2-5-19-8-14/h2-3,5,8,11,13,15-16H,4,6-7,9-10H2,1H3,(H,21,23)/t13-,15+,16-/m0/s1. The Bertz CT molecular complexity index is 736. The van der Waals surface area contributed by atoms with Crippen molar-refractivity contribution in [1.29, 1.82) is 0 Å². The highest BCUT2D eigenvalue weighted by Crippen LogP contribution is 2.34. The number of piperidine rings is 1. The topological polar surface area (TPSA) is 67.4 Å². The minimum Gasteiger partial charge on any atom is -0.364 e. The molecule has 0 unspecified atom stereocenters. The van der Waals surface area contributed by atoms with Gasteiger partial charge >= 0.3 is 0 Å². The van der Waals surface area contributed by atoms with Crippen molar-refractivity contribution in [3.05, 3.63) is 40.6 Å². The molecule has 4 rings (SSSR count). The summed E-state index contributed by atoms with van der Waals surface area (Å²) in [6.45, 7) is 4.81. The zero-order valence-electron chi connectivity index (χ0n) is 14.2. The van der Waals surface area contributed by atoms with E-state index in [4.69, 9.17) is 4.74 Å². The van der Waals surface area contributed by atoms with Crippen LogP contribution in [-0.2, 0) is 16.1 Å². The fourth-order valence-electron chi connectivity index (χ4n) is 3.63. The summed E-state index contributed by atoms with van der Waals surface area (Å²) in [7, 11) is 0. The van der Waals surface area contributed by atoms with Crippen LogP contribution < -0.4 is 5.32 Å². The quantitative estimate of drug-likeness (QED) is 0.909. The van der Waals surface area contributed by atoms with E-state index < -0.39 is 0 Å². The number of carbonyl (C=O) groups is 1. The van der Waals surface area contributed by atoms with Crippen molar-refractivity contribution in [3.63, 3.8) is 0 Å². The molecule has 2 fully saturated rings. The number of fused-ring (bicyclic) bond motifs is 1. The summed E-state index contributed by atoms with van der Waals surface area (Å²) >= 11 is 1.71. The van der Waals surface area contributed by atoms with Gasteiger partial charge in [0.25, 0.3) is 5.91 Å². The van der Waals surface area contributed by atoms with Crippen LogP contribution >= 0.6 is 11.3 Å². The number of ether oxygens (including phenoxy) is 1. The Labute approximate surface area is 151 Å². The van der Waals surface area contributed by atoms with E-state index in [0.717, 1.165) is 43.2 Å². The van der Waals surface area contributed by atoms with Crippen molar-refractivity contribution in [2.75, 3.05) is 18.4 Å². The van der Waals surface area contributed by atoms with E-state index in [-0.39, 0.29) is 18.1 Å². The zero-order valence-corrected chi connectivity index (χ0v) is 15.0. The van der Waals surface area contributed by atoms with E-state index in [1.54, 1.807) is 23.7 Å². The summed E-state index contributed by atoms with van der Waals surface area (Å²) < 4.78 is 6.08. The van der Waals surface area contributed by atoms with Crippen LogP contribution in [0.1, 0.15) is 23.5 Å². The van der Waals surface area contributed by atoms with E-state index in [9.17, 15) is 4.79 Å². The molecule has 0 spiro atoms. The number of hydrogen-bond donors (Lipinski definition) is 1. The van der Waals surface area contributed by atoms with Gasteiger partial charge in [-0.25, -0.2) is 4.98 Å². The third-order valence-electron chi connectivity index (χ3n) is 4.88. The largest absolute Gasteiger partial charge is 0.364 e. The van der Waals surface area contributed by atoms with Crippen molar-refractivity contribution >= 4 is 22.9 Å². The average Bonchev–Trinajstić information content (AvgIpc) is 3.21. The molecule has 6 nitrogen and oxygen atoms in total. The molecule has 132 valence electrons. The van der Waals surface area contributed by atoms with Crippen molar-refractivity contribution < 1.29 is 9.53 Å². The lowest BCUT2D eigenvalue weighted by Crippen LogP contribution is -2.41. The molecule has 0 radical (unpaired) electrons. The van der Waals surface area contributed by atoms with E-state index in [2.05, 4.69) is 25.6 Å². The molecule has 0 aromatic carbocycles. The highest BCUT2D eigenvalue weighted by atomic mass is 32.1. The minimum atomic E-state index is -0.364. The first-order valence-corrected chi connectivity index (χ1v) is 9.55. The average molecular weight is 358 g/mol. The maximum absolute atomic E-state index is 12.4. The predicted octanol–water partition coefficient (Wildman–Crippen LogP) is 2.46. The Balaban J connectivity index is 1.33. The first-order chi connectivity index (χ1) is 12.2. The van der Waals surface area contributed by atoms with Crippen LogP contribution in [-0.4, -0.2) is 46.1 Å². The SMILES string of the molecule is Cc1csc(CN2CC[C@H]3C[C@H](C(=O)Nc4cccnc4)O[C@H]3C2)n1. The van der Waals surface area contributed by atoms with Crippen LogP contribution in [0.3, 0.4) is 0 Å². The lowest BCUT2D eigenvalue weighted by atomic mass is 9.91. The zero-order chi connectivity index (χ0) is 17.2. The molecule has 0 saturated carbocycles. The van der Waals surface area contributed by atoms with Crippen molar-refractivity contribution in [3.8, 4) is 0 Å². The van der Waals surface area contributed by atoms with Gasteiger partial charge in [-0.1, -0.05) is 0 Å². The van der Waals surface area contributed by atoms with Gasteiger partial charge in [-0.05, 0) is 44.4 Å². The number of nitrogens with one attached hydrogen (secondary N) is 1. The van der Waals surface area contributed by atoms with Crippen molar-refractivity contribution in [1.82, 2.24) is 14.9 Å². The number of nitrogens with zero attached hydrogens (tertiary/aromatic N) is 3. The number of hydrogen-bond acceptors (Lipinski definition) is 6. The molecule has 2 aliphatic heterocycles. The van der Waals surface area contributed by atoms with Crippen LogP contribution in [0, 0.1) is 12.8 Å². The molecule has 2 aromatic rings. The van der Waals surface area contributed by atoms with Gasteiger partial charge in [0.2, 0.25) is 0 Å². The lowest BCUT2D eigenvalue weighted by Gasteiger charge is -2.33. The summed E-state index contributed by atoms with van der Waals surface area (Å²) in [5, 5.41) is 6.14. The molecule has 2 saturated heterocycles. The third kappa shape index (κ3) is 3.89. The van der Waals surface area contributed by atoms with Gasteiger partial charge in [-0.2, -0.15) is 0 Å². The summed E-state index contributed by atoms with van der Waals surface area (Å²) in [6, 6.07) is 3.65. The van der Waals surface area contributed by atoms with E-state index in [1.165, 1.54) is 0 Å². The molecule has 25 heavy (non-hydrogen) atoms. The third-order valence-corrected chi connectivity index (χ3v) is 5.83. The number of rotatable bonds is 4. The van der Waals surface area contributed by atoms with Crippen LogP contribution in [0.5, 0.6) is 0 Å². The fraction of sp³-hybridized carbons (Fsp3) is 0.500. The summed E-state index contributed by atoms with van der Waals surface area (Å²) in [4.78, 5) is 23.4. The first-order valence-electron chi connectivity index (χ1n) is 8.67. The molecule has 0 aliphatic carbocycles. The van der Waals surface area contributed by atoms with Gasteiger partial charge < -0.3 is 10.1 Å². The number of likely N-dealkylation sites (tertiary alicyclic amines) is 1. The van der Waals surface area contributed by atoms with Crippen LogP contribution in [0.25, 0.3) is 0 Å². The van der Waals surface area contributed by atoms with Gasteiger partial charge in [-0.3, -0.25) is 14.7 Å². The number of carbonyl (C=O) groups excluding carboxylic acids is 1. The number of aromatic nitrogens is 2. The molecular formula is C18H22N4O2S. The highest BCUT2D eigenvalue weighted by Gasteiger charge is 2.41. The maximum atomic E-state index is 12.4. The Kier molecular flexibility index (Phi) is 4.78. The van der Waals surface area contributed by atoms with Crippen LogP contribution in [0.2, 0.25) is 0 Å². The van der Waals surface area contributed by atoms with Gasteiger partial charge in [0.05, 0.1) is 24.5 Å². The fourth-order valence-corrected chi connectivity index (χ4v) is 4.45. The monoisotopic (exact) mass is 358 g/mol. The second-order valence-corrected chi connectivity index (χ2v) is 7.74. The number of thiazole rings is 1. The second kappa shape index (κ2) is 7.19. The summed E-state index contributed by atoms with van der Waals surface area (Å²) in [5.41, 5.74) is 1.80. The second-order valence-electron chi connectivity index (χ2n) is 6.80. The molecule has 1 amide bonds. The summed E-state index contributed by atoms with van der Waals surface area (Å²) in [5.74, 6) is 0.406. The van der Waals surface area contributed by atoms with Gasteiger partial charge in [0.1, 0.15) is 11.1 Å². The molecule has 7 heteroatoms. The van der Waals surface area contributed by atoms with Gasteiger partial charge in [0, 0.05) is 23.8 Å². The molecule has 3 atom stereocenters. The molecule has 1 N–H and O–H groups in total. The van der Waals surface area contributed by atoms with E-state index in [0.29, 0.717) is 11.6 Å². The number of amides is 1. The Morgan fingerprint density at radius 2 is 2.44 bits per heavy atom. The predicted molar refractivity (Wildman–Crippen MR) is 96.4 cm³/mol. The number of pyridine rings is 1. The van der Waals surface area contributed by atoms with Crippen LogP contribution in [0.4, 0.5) is 5.69 Å². The molecule has 0 bridgehead atoms. The Morgan fingerprint density at radius 1 is 1.52 bits per heavy atom. The normalized spacial score (nSPS) is 26.4. The molecular weight excluding hydrogens is 336 g/mol. The van der Waals surface area contributed by atoms with Crippen LogP contribution in [0.15, 0.2) is 29.9 Å².